The molecule has 2 amide bonds. The van der Waals surface area contributed by atoms with Crippen LogP contribution in [-0.4, -0.2) is 6.03 Å². The number of halogens is 2. The summed E-state index contributed by atoms with van der Waals surface area (Å²) in [4.78, 5) is 12.0. The fourth-order valence-electron chi connectivity index (χ4n) is 2.26. The van der Waals surface area contributed by atoms with Crippen molar-refractivity contribution in [1.82, 2.24) is 0 Å². The van der Waals surface area contributed by atoms with Gasteiger partial charge in [-0.2, -0.15) is 0 Å². The van der Waals surface area contributed by atoms with Crippen molar-refractivity contribution in [2.45, 2.75) is 6.42 Å². The van der Waals surface area contributed by atoms with Crippen molar-refractivity contribution in [3.63, 3.8) is 0 Å². The van der Waals surface area contributed by atoms with Crippen molar-refractivity contribution >= 4 is 46.3 Å². The fraction of sp³-hybridized carbons (Fsp3) is 0.0625. The van der Waals surface area contributed by atoms with Crippen molar-refractivity contribution in [3.05, 3.63) is 64.3 Å². The summed E-state index contributed by atoms with van der Waals surface area (Å²) in [5, 5.41) is 9.48. The molecule has 1 heterocycles. The molecular weight excluding hydrogens is 321 g/mol. The number of nitrogens with one attached hydrogen (secondary N) is 3. The highest BCUT2D eigenvalue weighted by Gasteiger charge is 2.14. The third-order valence-corrected chi connectivity index (χ3v) is 4.00. The van der Waals surface area contributed by atoms with E-state index in [-0.39, 0.29) is 6.03 Å². The Morgan fingerprint density at radius 3 is 2.45 bits per heavy atom. The quantitative estimate of drug-likeness (QED) is 0.714. The van der Waals surface area contributed by atoms with Crippen LogP contribution < -0.4 is 16.0 Å². The van der Waals surface area contributed by atoms with Crippen LogP contribution in [0.2, 0.25) is 10.0 Å². The zero-order valence-corrected chi connectivity index (χ0v) is 13.1. The molecule has 0 spiro atoms. The van der Waals surface area contributed by atoms with Gasteiger partial charge in [-0.3, -0.25) is 0 Å². The van der Waals surface area contributed by atoms with E-state index in [1.165, 1.54) is 5.56 Å². The minimum absolute atomic E-state index is 0.352. The molecule has 0 bridgehead atoms. The first kappa shape index (κ1) is 14.8. The van der Waals surface area contributed by atoms with Crippen molar-refractivity contribution in [1.29, 1.82) is 0 Å². The number of benzene rings is 2. The number of carbonyl (C=O) groups excluding carboxylic acids is 1. The van der Waals surface area contributed by atoms with E-state index >= 15 is 0 Å². The van der Waals surface area contributed by atoms with Gasteiger partial charge in [-0.1, -0.05) is 35.8 Å². The molecule has 0 atom stereocenters. The monoisotopic (exact) mass is 333 g/mol. The number of amides is 2. The second kappa shape index (κ2) is 5.91. The van der Waals surface area contributed by atoms with E-state index in [0.717, 1.165) is 17.8 Å². The summed E-state index contributed by atoms with van der Waals surface area (Å²) < 4.78 is 0. The largest absolute Gasteiger partial charge is 0.359 e. The van der Waals surface area contributed by atoms with Crippen molar-refractivity contribution in [3.8, 4) is 0 Å². The zero-order chi connectivity index (χ0) is 15.7. The van der Waals surface area contributed by atoms with Crippen LogP contribution >= 0.6 is 23.2 Å². The molecule has 112 valence electrons. The Morgan fingerprint density at radius 2 is 1.73 bits per heavy atom. The Balaban J connectivity index is 1.68. The van der Waals surface area contributed by atoms with Gasteiger partial charge >= 0.3 is 6.03 Å². The van der Waals surface area contributed by atoms with E-state index in [0.29, 0.717) is 21.4 Å². The van der Waals surface area contributed by atoms with E-state index in [1.807, 2.05) is 18.2 Å². The minimum Gasteiger partial charge on any atom is -0.359 e. The standard InChI is InChI=1S/C16H13Cl2N3O/c1-9-6-10-2-3-12(8-15(10)19-9)21-16(22)20-11-4-5-13(17)14(18)7-11/h2-5,7-8,19H,1,6H2,(H2,20,21,22). The molecule has 1 aliphatic rings. The maximum absolute atomic E-state index is 12.0. The molecule has 22 heavy (non-hydrogen) atoms. The van der Waals surface area contributed by atoms with Crippen LogP contribution in [0.15, 0.2) is 48.7 Å². The second-order valence-corrected chi connectivity index (χ2v) is 5.80. The Bertz CT molecular complexity index is 774. The Kier molecular flexibility index (Phi) is 3.96. The van der Waals surface area contributed by atoms with Crippen LogP contribution in [-0.2, 0) is 6.42 Å². The van der Waals surface area contributed by atoms with E-state index in [9.17, 15) is 4.79 Å². The van der Waals surface area contributed by atoms with Crippen molar-refractivity contribution in [2.24, 2.45) is 0 Å². The molecule has 0 radical (unpaired) electrons. The summed E-state index contributed by atoms with van der Waals surface area (Å²) in [6.07, 6.45) is 0.811. The second-order valence-electron chi connectivity index (χ2n) is 4.99. The van der Waals surface area contributed by atoms with E-state index in [4.69, 9.17) is 23.2 Å². The van der Waals surface area contributed by atoms with Gasteiger partial charge in [0.2, 0.25) is 0 Å². The van der Waals surface area contributed by atoms with Crippen molar-refractivity contribution in [2.75, 3.05) is 16.0 Å². The minimum atomic E-state index is -0.352. The molecule has 0 unspecified atom stereocenters. The molecule has 0 saturated heterocycles. The highest BCUT2D eigenvalue weighted by molar-refractivity contribution is 6.42. The highest BCUT2D eigenvalue weighted by Crippen LogP contribution is 2.30. The summed E-state index contributed by atoms with van der Waals surface area (Å²) >= 11 is 11.8. The fourth-order valence-corrected chi connectivity index (χ4v) is 2.55. The predicted molar refractivity (Wildman–Crippen MR) is 92.0 cm³/mol. The van der Waals surface area contributed by atoms with Gasteiger partial charge < -0.3 is 16.0 Å². The lowest BCUT2D eigenvalue weighted by atomic mass is 10.1. The smallest absolute Gasteiger partial charge is 0.323 e. The summed E-state index contributed by atoms with van der Waals surface area (Å²) in [5.41, 5.74) is 4.35. The lowest BCUT2D eigenvalue weighted by Crippen LogP contribution is -2.19. The molecule has 6 heteroatoms. The Hall–Kier alpha value is -2.17. The number of allylic oxidation sites excluding steroid dienone is 1. The van der Waals surface area contributed by atoms with Crippen molar-refractivity contribution < 1.29 is 4.79 Å². The van der Waals surface area contributed by atoms with Gasteiger partial charge in [-0.25, -0.2) is 4.79 Å². The van der Waals surface area contributed by atoms with E-state index < -0.39 is 0 Å². The molecular formula is C16H13Cl2N3O. The zero-order valence-electron chi connectivity index (χ0n) is 11.5. The lowest BCUT2D eigenvalue weighted by Gasteiger charge is -2.09. The van der Waals surface area contributed by atoms with Crippen LogP contribution in [0.25, 0.3) is 0 Å². The van der Waals surface area contributed by atoms with Crippen LogP contribution in [0.1, 0.15) is 5.56 Å². The normalized spacial score (nSPS) is 12.5. The number of hydrogen-bond donors (Lipinski definition) is 3. The van der Waals surface area contributed by atoms with Gasteiger partial charge in [0.1, 0.15) is 0 Å². The summed E-state index contributed by atoms with van der Waals surface area (Å²) in [6.45, 7) is 3.90. The van der Waals surface area contributed by atoms with Gasteiger partial charge in [-0.15, -0.1) is 0 Å². The van der Waals surface area contributed by atoms with Crippen LogP contribution in [0.5, 0.6) is 0 Å². The molecule has 0 aromatic heterocycles. The first-order chi connectivity index (χ1) is 10.5. The molecule has 1 aliphatic heterocycles. The topological polar surface area (TPSA) is 53.2 Å². The average molecular weight is 334 g/mol. The number of urea groups is 1. The summed E-state index contributed by atoms with van der Waals surface area (Å²) in [5.74, 6) is 0. The molecule has 2 aromatic carbocycles. The van der Waals surface area contributed by atoms with Gasteiger partial charge in [0.05, 0.1) is 10.0 Å². The van der Waals surface area contributed by atoms with E-state index in [1.54, 1.807) is 18.2 Å². The van der Waals surface area contributed by atoms with Gasteiger partial charge in [0, 0.05) is 29.2 Å². The SMILES string of the molecule is C=C1Cc2ccc(NC(=O)Nc3ccc(Cl)c(Cl)c3)cc2N1. The van der Waals surface area contributed by atoms with E-state index in [2.05, 4.69) is 22.5 Å². The summed E-state index contributed by atoms with van der Waals surface area (Å²) in [6, 6.07) is 10.3. The van der Waals surface area contributed by atoms with Crippen LogP contribution in [0.4, 0.5) is 21.9 Å². The van der Waals surface area contributed by atoms with Gasteiger partial charge in [0.15, 0.2) is 0 Å². The maximum atomic E-state index is 12.0. The van der Waals surface area contributed by atoms with Gasteiger partial charge in [-0.05, 0) is 35.9 Å². The molecule has 3 rings (SSSR count). The molecule has 3 N–H and O–H groups in total. The number of carbonyl (C=O) groups is 1. The third kappa shape index (κ3) is 3.18. The van der Waals surface area contributed by atoms with Crippen LogP contribution in [0, 0.1) is 0 Å². The lowest BCUT2D eigenvalue weighted by molar-refractivity contribution is 0.262. The molecule has 4 nitrogen and oxygen atoms in total. The predicted octanol–water partition coefficient (Wildman–Crippen LogP) is 5.12. The number of anilines is 3. The first-order valence-corrected chi connectivity index (χ1v) is 7.37. The average Bonchev–Trinajstić information content (AvgIpc) is 2.82. The number of rotatable bonds is 2. The third-order valence-electron chi connectivity index (χ3n) is 3.26. The number of fused-ring (bicyclic) bond motifs is 1. The maximum Gasteiger partial charge on any atom is 0.323 e. The van der Waals surface area contributed by atoms with Gasteiger partial charge in [0.25, 0.3) is 0 Å². The molecule has 0 saturated carbocycles. The first-order valence-electron chi connectivity index (χ1n) is 6.62. The molecule has 0 aliphatic carbocycles. The Labute approximate surface area is 138 Å². The number of hydrogen-bond acceptors (Lipinski definition) is 2. The molecule has 2 aromatic rings. The summed E-state index contributed by atoms with van der Waals surface area (Å²) in [7, 11) is 0. The van der Waals surface area contributed by atoms with Crippen LogP contribution in [0.3, 0.4) is 0 Å². The highest BCUT2D eigenvalue weighted by atomic mass is 35.5. The Morgan fingerprint density at radius 1 is 1.05 bits per heavy atom. The molecule has 0 fully saturated rings.